The second-order valence-corrected chi connectivity index (χ2v) is 6.92. The van der Waals surface area contributed by atoms with Crippen molar-refractivity contribution in [3.05, 3.63) is 77.7 Å². The minimum atomic E-state index is -0.227. The molecule has 1 aliphatic rings. The van der Waals surface area contributed by atoms with E-state index < -0.39 is 0 Å². The van der Waals surface area contributed by atoms with Crippen LogP contribution in [0.1, 0.15) is 28.8 Å². The molecule has 4 rings (SSSR count). The van der Waals surface area contributed by atoms with E-state index in [0.29, 0.717) is 6.54 Å². The van der Waals surface area contributed by atoms with E-state index in [2.05, 4.69) is 9.88 Å². The molecule has 1 aliphatic heterocycles. The number of piperidine rings is 1. The summed E-state index contributed by atoms with van der Waals surface area (Å²) in [4.78, 5) is 19.3. The fraction of sp³-hybridized carbons (Fsp3) is 0.273. The number of carbonyl (C=O) groups is 1. The van der Waals surface area contributed by atoms with E-state index in [0.717, 1.165) is 48.0 Å². The first-order chi connectivity index (χ1) is 12.7. The molecular formula is C22H21FN2O. The van der Waals surface area contributed by atoms with Gasteiger partial charge in [-0.2, -0.15) is 0 Å². The molecule has 3 aromatic rings. The minimum Gasteiger partial charge on any atom is -0.299 e. The number of Topliss-reactive ketones (excluding diaryl/α,β-unsaturated/α-hetero) is 1. The average Bonchev–Trinajstić information content (AvgIpc) is 2.68. The van der Waals surface area contributed by atoms with Crippen LogP contribution in [-0.4, -0.2) is 28.8 Å². The van der Waals surface area contributed by atoms with Gasteiger partial charge in [-0.15, -0.1) is 0 Å². The number of fused-ring (bicyclic) bond motifs is 1. The van der Waals surface area contributed by atoms with Crippen molar-refractivity contribution in [2.24, 2.45) is 5.92 Å². The third-order valence-corrected chi connectivity index (χ3v) is 5.16. The summed E-state index contributed by atoms with van der Waals surface area (Å²) in [5, 5.41) is 0.830. The van der Waals surface area contributed by atoms with Crippen LogP contribution in [0.5, 0.6) is 0 Å². The number of benzene rings is 2. The van der Waals surface area contributed by atoms with Crippen LogP contribution in [0.2, 0.25) is 0 Å². The molecule has 4 heteroatoms. The molecule has 0 aliphatic carbocycles. The number of pyridine rings is 1. The van der Waals surface area contributed by atoms with Gasteiger partial charge in [-0.05, 0) is 49.7 Å². The molecule has 1 saturated heterocycles. The summed E-state index contributed by atoms with van der Waals surface area (Å²) in [5.74, 6) is 0.0915. The SMILES string of the molecule is O=C(c1ccccc1)C1CCN(Cc2cc(F)cc3cccnc23)CC1. The van der Waals surface area contributed by atoms with Crippen molar-refractivity contribution in [3.8, 4) is 0 Å². The van der Waals surface area contributed by atoms with Crippen molar-refractivity contribution >= 4 is 16.7 Å². The first-order valence-electron chi connectivity index (χ1n) is 9.05. The van der Waals surface area contributed by atoms with Crippen LogP contribution in [0.4, 0.5) is 4.39 Å². The van der Waals surface area contributed by atoms with Crippen LogP contribution in [-0.2, 0) is 6.54 Å². The Hall–Kier alpha value is -2.59. The van der Waals surface area contributed by atoms with Crippen LogP contribution >= 0.6 is 0 Å². The zero-order valence-electron chi connectivity index (χ0n) is 14.6. The van der Waals surface area contributed by atoms with E-state index in [1.807, 2.05) is 42.5 Å². The maximum Gasteiger partial charge on any atom is 0.166 e. The molecule has 3 nitrogen and oxygen atoms in total. The third-order valence-electron chi connectivity index (χ3n) is 5.16. The highest BCUT2D eigenvalue weighted by molar-refractivity contribution is 5.97. The van der Waals surface area contributed by atoms with Gasteiger partial charge < -0.3 is 0 Å². The quantitative estimate of drug-likeness (QED) is 0.652. The normalized spacial score (nSPS) is 16.0. The van der Waals surface area contributed by atoms with Crippen LogP contribution in [0.15, 0.2) is 60.8 Å². The van der Waals surface area contributed by atoms with Crippen LogP contribution in [0.3, 0.4) is 0 Å². The van der Waals surface area contributed by atoms with E-state index in [1.54, 1.807) is 12.3 Å². The van der Waals surface area contributed by atoms with Crippen molar-refractivity contribution in [2.75, 3.05) is 13.1 Å². The Morgan fingerprint density at radius 3 is 2.62 bits per heavy atom. The molecule has 0 atom stereocenters. The summed E-state index contributed by atoms with van der Waals surface area (Å²) in [6.07, 6.45) is 3.43. The topological polar surface area (TPSA) is 33.2 Å². The number of rotatable bonds is 4. The van der Waals surface area contributed by atoms with Gasteiger partial charge in [-0.25, -0.2) is 4.39 Å². The summed E-state index contributed by atoms with van der Waals surface area (Å²) in [7, 11) is 0. The zero-order chi connectivity index (χ0) is 17.9. The Balaban J connectivity index is 1.44. The minimum absolute atomic E-state index is 0.0797. The van der Waals surface area contributed by atoms with E-state index >= 15 is 0 Å². The molecule has 0 bridgehead atoms. The lowest BCUT2D eigenvalue weighted by Crippen LogP contribution is -2.36. The molecule has 0 amide bonds. The second kappa shape index (κ2) is 7.34. The maximum atomic E-state index is 13.9. The Labute approximate surface area is 152 Å². The first-order valence-corrected chi connectivity index (χ1v) is 9.05. The van der Waals surface area contributed by atoms with E-state index in [1.165, 1.54) is 6.07 Å². The third kappa shape index (κ3) is 3.51. The van der Waals surface area contributed by atoms with Gasteiger partial charge in [0.1, 0.15) is 5.82 Å². The summed E-state index contributed by atoms with van der Waals surface area (Å²) in [6, 6.07) is 16.3. The fourth-order valence-corrected chi connectivity index (χ4v) is 3.78. The molecule has 2 aromatic carbocycles. The van der Waals surface area contributed by atoms with Gasteiger partial charge in [-0.1, -0.05) is 36.4 Å². The molecule has 2 heterocycles. The average molecular weight is 348 g/mol. The van der Waals surface area contributed by atoms with Crippen molar-refractivity contribution < 1.29 is 9.18 Å². The number of hydrogen-bond donors (Lipinski definition) is 0. The van der Waals surface area contributed by atoms with Gasteiger partial charge >= 0.3 is 0 Å². The monoisotopic (exact) mass is 348 g/mol. The second-order valence-electron chi connectivity index (χ2n) is 6.92. The standard InChI is InChI=1S/C22H21FN2O/c23-20-13-18-7-4-10-24-21(18)19(14-20)15-25-11-8-17(9-12-25)22(26)16-5-2-1-3-6-16/h1-7,10,13-14,17H,8-9,11-12,15H2. The lowest BCUT2D eigenvalue weighted by atomic mass is 9.88. The Morgan fingerprint density at radius 2 is 1.85 bits per heavy atom. The highest BCUT2D eigenvalue weighted by atomic mass is 19.1. The number of carbonyl (C=O) groups excluding carboxylic acids is 1. The van der Waals surface area contributed by atoms with Gasteiger partial charge in [0.25, 0.3) is 0 Å². The summed E-state index contributed by atoms with van der Waals surface area (Å²) >= 11 is 0. The molecule has 0 radical (unpaired) electrons. The summed E-state index contributed by atoms with van der Waals surface area (Å²) in [6.45, 7) is 2.35. The molecular weight excluding hydrogens is 327 g/mol. The van der Waals surface area contributed by atoms with Gasteiger partial charge in [0.15, 0.2) is 5.78 Å². The van der Waals surface area contributed by atoms with Crippen LogP contribution in [0, 0.1) is 11.7 Å². The van der Waals surface area contributed by atoms with Gasteiger partial charge in [0, 0.05) is 29.6 Å². The number of aromatic nitrogens is 1. The number of halogens is 1. The predicted octanol–water partition coefficient (Wildman–Crippen LogP) is 4.47. The molecule has 26 heavy (non-hydrogen) atoms. The van der Waals surface area contributed by atoms with E-state index in [-0.39, 0.29) is 17.5 Å². The number of hydrogen-bond acceptors (Lipinski definition) is 3. The van der Waals surface area contributed by atoms with E-state index in [9.17, 15) is 9.18 Å². The largest absolute Gasteiger partial charge is 0.299 e. The Kier molecular flexibility index (Phi) is 4.76. The number of nitrogens with zero attached hydrogens (tertiary/aromatic N) is 2. The van der Waals surface area contributed by atoms with Crippen LogP contribution < -0.4 is 0 Å². The predicted molar refractivity (Wildman–Crippen MR) is 100 cm³/mol. The lowest BCUT2D eigenvalue weighted by Gasteiger charge is -2.31. The van der Waals surface area contributed by atoms with E-state index in [4.69, 9.17) is 0 Å². The molecule has 0 spiro atoms. The fourth-order valence-electron chi connectivity index (χ4n) is 3.78. The molecule has 0 N–H and O–H groups in total. The molecule has 1 fully saturated rings. The van der Waals surface area contributed by atoms with Gasteiger partial charge in [0.2, 0.25) is 0 Å². The van der Waals surface area contributed by atoms with Crippen molar-refractivity contribution in [3.63, 3.8) is 0 Å². The zero-order valence-corrected chi connectivity index (χ0v) is 14.6. The molecule has 0 saturated carbocycles. The molecule has 132 valence electrons. The van der Waals surface area contributed by atoms with Crippen LogP contribution in [0.25, 0.3) is 10.9 Å². The van der Waals surface area contributed by atoms with Crippen molar-refractivity contribution in [2.45, 2.75) is 19.4 Å². The van der Waals surface area contributed by atoms with Crippen molar-refractivity contribution in [1.82, 2.24) is 9.88 Å². The smallest absolute Gasteiger partial charge is 0.166 e. The maximum absolute atomic E-state index is 13.9. The van der Waals surface area contributed by atoms with Crippen molar-refractivity contribution in [1.29, 1.82) is 0 Å². The molecule has 1 aromatic heterocycles. The highest BCUT2D eigenvalue weighted by Crippen LogP contribution is 2.25. The Bertz CT molecular complexity index is 918. The Morgan fingerprint density at radius 1 is 1.08 bits per heavy atom. The summed E-state index contributed by atoms with van der Waals surface area (Å²) in [5.41, 5.74) is 2.57. The number of likely N-dealkylation sites (tertiary alicyclic amines) is 1. The van der Waals surface area contributed by atoms with Gasteiger partial charge in [0.05, 0.1) is 5.52 Å². The summed E-state index contributed by atoms with van der Waals surface area (Å²) < 4.78 is 13.9. The number of ketones is 1. The lowest BCUT2D eigenvalue weighted by molar-refractivity contribution is 0.0835. The van der Waals surface area contributed by atoms with Gasteiger partial charge in [-0.3, -0.25) is 14.7 Å². The first kappa shape index (κ1) is 16.9. The molecule has 0 unspecified atom stereocenters. The highest BCUT2D eigenvalue weighted by Gasteiger charge is 2.26.